The van der Waals surface area contributed by atoms with Gasteiger partial charge in [-0.15, -0.1) is 0 Å². The van der Waals surface area contributed by atoms with Crippen LogP contribution in [0.25, 0.3) is 10.9 Å². The van der Waals surface area contributed by atoms with Crippen LogP contribution in [0.15, 0.2) is 48.9 Å². The highest BCUT2D eigenvalue weighted by molar-refractivity contribution is 5.83. The molecule has 33 heavy (non-hydrogen) atoms. The van der Waals surface area contributed by atoms with Crippen LogP contribution in [0.1, 0.15) is 36.8 Å². The van der Waals surface area contributed by atoms with Gasteiger partial charge in [0.25, 0.3) is 0 Å². The summed E-state index contributed by atoms with van der Waals surface area (Å²) in [5.41, 5.74) is 1.71. The minimum absolute atomic E-state index is 0.141. The second kappa shape index (κ2) is 11.2. The van der Waals surface area contributed by atoms with E-state index < -0.39 is 6.10 Å². The van der Waals surface area contributed by atoms with Gasteiger partial charge in [-0.05, 0) is 79.5 Å². The van der Waals surface area contributed by atoms with Crippen LogP contribution in [0.5, 0.6) is 5.75 Å². The lowest BCUT2D eigenvalue weighted by Crippen LogP contribution is -2.42. The maximum atomic E-state index is 11.0. The lowest BCUT2D eigenvalue weighted by molar-refractivity contribution is 0.0640. The molecule has 1 fully saturated rings. The van der Waals surface area contributed by atoms with E-state index >= 15 is 0 Å². The van der Waals surface area contributed by atoms with E-state index in [4.69, 9.17) is 4.74 Å². The van der Waals surface area contributed by atoms with Crippen molar-refractivity contribution < 1.29 is 14.9 Å². The zero-order valence-corrected chi connectivity index (χ0v) is 18.9. The fourth-order valence-electron chi connectivity index (χ4n) is 4.57. The van der Waals surface area contributed by atoms with Gasteiger partial charge in [-0.2, -0.15) is 0 Å². The Balaban J connectivity index is 1.34. The molecule has 0 radical (unpaired) electrons. The van der Waals surface area contributed by atoms with Gasteiger partial charge in [-0.25, -0.2) is 9.97 Å². The summed E-state index contributed by atoms with van der Waals surface area (Å²) in [7, 11) is 1.63. The van der Waals surface area contributed by atoms with E-state index in [0.717, 1.165) is 48.1 Å². The molecule has 1 saturated heterocycles. The average Bonchev–Trinajstić information content (AvgIpc) is 2.87. The Bertz CT molecular complexity index is 1110. The Morgan fingerprint density at radius 2 is 2.00 bits per heavy atom. The summed E-state index contributed by atoms with van der Waals surface area (Å²) in [6.45, 7) is 2.50. The van der Waals surface area contributed by atoms with Gasteiger partial charge in [0.15, 0.2) is 0 Å². The van der Waals surface area contributed by atoms with Crippen molar-refractivity contribution in [3.63, 3.8) is 0 Å². The molecular weight excluding hydrogens is 416 g/mol. The Hall–Kier alpha value is -3.05. The van der Waals surface area contributed by atoms with Gasteiger partial charge in [-0.1, -0.05) is 5.92 Å². The normalized spacial score (nSPS) is 19.6. The molecule has 3 heterocycles. The molecule has 3 aromatic rings. The third kappa shape index (κ3) is 5.85. The molecule has 0 bridgehead atoms. The van der Waals surface area contributed by atoms with E-state index in [0.29, 0.717) is 24.7 Å². The number of fused-ring (bicyclic) bond motifs is 1. The number of hydrogen-bond acceptors (Lipinski definition) is 7. The zero-order valence-electron chi connectivity index (χ0n) is 18.9. The number of ether oxygens (including phenoxy) is 1. The molecule has 1 aliphatic rings. The number of benzene rings is 1. The molecule has 0 unspecified atom stereocenters. The van der Waals surface area contributed by atoms with Gasteiger partial charge in [0.05, 0.1) is 25.3 Å². The third-order valence-electron chi connectivity index (χ3n) is 6.43. The van der Waals surface area contributed by atoms with Gasteiger partial charge < -0.3 is 14.9 Å². The van der Waals surface area contributed by atoms with Crippen LogP contribution >= 0.6 is 0 Å². The van der Waals surface area contributed by atoms with Crippen molar-refractivity contribution >= 4 is 10.9 Å². The Kier molecular flexibility index (Phi) is 7.84. The van der Waals surface area contributed by atoms with Crippen molar-refractivity contribution in [1.82, 2.24) is 19.9 Å². The number of aliphatic hydroxyl groups is 2. The van der Waals surface area contributed by atoms with Crippen molar-refractivity contribution in [3.8, 4) is 17.6 Å². The summed E-state index contributed by atoms with van der Waals surface area (Å²) in [6, 6.07) is 9.37. The molecule has 1 aromatic carbocycles. The SMILES string of the molecule is COc1ccc2nccc([C@@H](O)CC[C@@H]3CCN(CC#Cc4ncccn4)C[C@@H]3CO)c2c1. The minimum Gasteiger partial charge on any atom is -0.497 e. The molecule has 2 N–H and O–H groups in total. The molecule has 4 rings (SSSR count). The lowest BCUT2D eigenvalue weighted by Gasteiger charge is -2.37. The van der Waals surface area contributed by atoms with E-state index in [2.05, 4.69) is 31.7 Å². The highest BCUT2D eigenvalue weighted by Crippen LogP contribution is 2.33. The van der Waals surface area contributed by atoms with Crippen LogP contribution in [0.3, 0.4) is 0 Å². The van der Waals surface area contributed by atoms with E-state index in [9.17, 15) is 10.2 Å². The smallest absolute Gasteiger partial charge is 0.204 e. The highest BCUT2D eigenvalue weighted by Gasteiger charge is 2.29. The Morgan fingerprint density at radius 1 is 1.15 bits per heavy atom. The first-order chi connectivity index (χ1) is 16.2. The largest absolute Gasteiger partial charge is 0.497 e. The highest BCUT2D eigenvalue weighted by atomic mass is 16.5. The second-order valence-corrected chi connectivity index (χ2v) is 8.48. The monoisotopic (exact) mass is 446 g/mol. The topological polar surface area (TPSA) is 91.6 Å². The Morgan fingerprint density at radius 3 is 2.79 bits per heavy atom. The van der Waals surface area contributed by atoms with Crippen molar-refractivity contribution in [3.05, 3.63) is 60.3 Å². The number of aromatic nitrogens is 3. The number of piperidine rings is 1. The van der Waals surface area contributed by atoms with Crippen LogP contribution in [0.4, 0.5) is 0 Å². The molecule has 7 heteroatoms. The first-order valence-electron chi connectivity index (χ1n) is 11.4. The van der Waals surface area contributed by atoms with E-state index in [-0.39, 0.29) is 12.5 Å². The van der Waals surface area contributed by atoms with Crippen LogP contribution in [-0.2, 0) is 0 Å². The molecule has 0 amide bonds. The molecule has 1 aliphatic heterocycles. The lowest BCUT2D eigenvalue weighted by atomic mass is 9.81. The predicted octanol–water partition coefficient (Wildman–Crippen LogP) is 2.83. The average molecular weight is 447 g/mol. The van der Waals surface area contributed by atoms with Crippen molar-refractivity contribution in [2.45, 2.75) is 25.4 Å². The zero-order chi connectivity index (χ0) is 23.0. The maximum absolute atomic E-state index is 11.0. The first-order valence-corrected chi connectivity index (χ1v) is 11.4. The van der Waals surface area contributed by atoms with Gasteiger partial charge >= 0.3 is 0 Å². The molecule has 0 aliphatic carbocycles. The predicted molar refractivity (Wildman–Crippen MR) is 127 cm³/mol. The van der Waals surface area contributed by atoms with E-state index in [1.54, 1.807) is 31.8 Å². The third-order valence-corrected chi connectivity index (χ3v) is 6.43. The molecule has 2 aromatic heterocycles. The van der Waals surface area contributed by atoms with Crippen molar-refractivity contribution in [1.29, 1.82) is 0 Å². The fraction of sp³-hybridized carbons (Fsp3) is 0.423. The number of nitrogens with zero attached hydrogens (tertiary/aromatic N) is 4. The van der Waals surface area contributed by atoms with E-state index in [1.165, 1.54) is 0 Å². The van der Waals surface area contributed by atoms with Gasteiger partial charge in [0.2, 0.25) is 5.82 Å². The van der Waals surface area contributed by atoms with Gasteiger partial charge in [0.1, 0.15) is 5.75 Å². The summed E-state index contributed by atoms with van der Waals surface area (Å²) in [6.07, 6.45) is 7.00. The minimum atomic E-state index is -0.586. The second-order valence-electron chi connectivity index (χ2n) is 8.48. The van der Waals surface area contributed by atoms with Crippen LogP contribution in [-0.4, -0.2) is 63.4 Å². The molecule has 0 saturated carbocycles. The van der Waals surface area contributed by atoms with Crippen molar-refractivity contribution in [2.75, 3.05) is 33.4 Å². The fourth-order valence-corrected chi connectivity index (χ4v) is 4.57. The summed E-state index contributed by atoms with van der Waals surface area (Å²) in [5.74, 6) is 7.96. The van der Waals surface area contributed by atoms with Crippen LogP contribution in [0, 0.1) is 23.7 Å². The van der Waals surface area contributed by atoms with Crippen LogP contribution in [0.2, 0.25) is 0 Å². The summed E-state index contributed by atoms with van der Waals surface area (Å²) < 4.78 is 5.35. The molecule has 172 valence electrons. The van der Waals surface area contributed by atoms with Gasteiger partial charge in [0, 0.05) is 37.1 Å². The Labute approximate surface area is 194 Å². The number of aliphatic hydroxyl groups excluding tert-OH is 2. The quantitative estimate of drug-likeness (QED) is 0.539. The molecular formula is C26H30N4O3. The number of rotatable bonds is 7. The maximum Gasteiger partial charge on any atom is 0.204 e. The number of likely N-dealkylation sites (tertiary alicyclic amines) is 1. The number of methoxy groups -OCH3 is 1. The summed E-state index contributed by atoms with van der Waals surface area (Å²) in [4.78, 5) is 14.9. The van der Waals surface area contributed by atoms with E-state index in [1.807, 2.05) is 24.3 Å². The molecule has 0 spiro atoms. The summed E-state index contributed by atoms with van der Waals surface area (Å²) in [5, 5.41) is 21.9. The number of hydrogen-bond donors (Lipinski definition) is 2. The first kappa shape index (κ1) is 23.1. The molecule has 7 nitrogen and oxygen atoms in total. The number of pyridine rings is 1. The summed E-state index contributed by atoms with van der Waals surface area (Å²) >= 11 is 0. The standard InChI is InChI=1S/C26H30N4O3/c1-33-21-6-7-24-23(16-21)22(9-13-27-24)25(32)8-5-19-10-15-30(17-20(19)18-31)14-2-4-26-28-11-3-12-29-26/h3,6-7,9,11-13,16,19-20,25,31-32H,5,8,10,14-15,17-18H2,1H3/t19-,20-,25+/m1/s1. The van der Waals surface area contributed by atoms with Crippen LogP contribution < -0.4 is 4.74 Å². The van der Waals surface area contributed by atoms with Gasteiger partial charge in [-0.3, -0.25) is 9.88 Å². The van der Waals surface area contributed by atoms with Crippen molar-refractivity contribution in [2.24, 2.45) is 11.8 Å². The molecule has 3 atom stereocenters.